The highest BCUT2D eigenvalue weighted by Gasteiger charge is 2.19. The molecule has 1 aliphatic rings. The van der Waals surface area contributed by atoms with Gasteiger partial charge in [0.25, 0.3) is 0 Å². The van der Waals surface area contributed by atoms with Crippen molar-refractivity contribution in [3.8, 4) is 5.75 Å². The van der Waals surface area contributed by atoms with E-state index in [1.54, 1.807) is 36.5 Å². The van der Waals surface area contributed by atoms with Crippen LogP contribution in [0.25, 0.3) is 0 Å². The van der Waals surface area contributed by atoms with E-state index in [9.17, 15) is 4.79 Å². The molecule has 126 valence electrons. The number of para-hydroxylation sites is 1. The first-order chi connectivity index (χ1) is 11.7. The Bertz CT molecular complexity index is 684. The first kappa shape index (κ1) is 16.7. The second-order valence-electron chi connectivity index (χ2n) is 5.51. The van der Waals surface area contributed by atoms with Crippen LogP contribution in [0.4, 0.5) is 0 Å². The van der Waals surface area contributed by atoms with E-state index in [1.807, 2.05) is 6.07 Å². The van der Waals surface area contributed by atoms with E-state index in [4.69, 9.17) is 25.8 Å². The zero-order valence-corrected chi connectivity index (χ0v) is 13.9. The standard InChI is InChI=1S/C18H18ClNO4/c19-17-8-7-13(10-20-17)11-24-18(21)15-5-1-2-6-16(15)23-12-14-4-3-9-22-14/h1-2,5-8,10,14H,3-4,9,11-12H2. The minimum atomic E-state index is -0.437. The summed E-state index contributed by atoms with van der Waals surface area (Å²) in [5, 5.41) is 0.401. The molecule has 2 aromatic rings. The molecule has 1 aromatic carbocycles. The summed E-state index contributed by atoms with van der Waals surface area (Å²) in [6, 6.07) is 10.5. The number of aromatic nitrogens is 1. The lowest BCUT2D eigenvalue weighted by Crippen LogP contribution is -2.17. The maximum Gasteiger partial charge on any atom is 0.342 e. The fourth-order valence-corrected chi connectivity index (χ4v) is 2.55. The minimum Gasteiger partial charge on any atom is -0.490 e. The summed E-state index contributed by atoms with van der Waals surface area (Å²) < 4.78 is 16.6. The van der Waals surface area contributed by atoms with Gasteiger partial charge in [-0.1, -0.05) is 29.8 Å². The third-order valence-corrected chi connectivity index (χ3v) is 3.94. The number of pyridine rings is 1. The zero-order chi connectivity index (χ0) is 16.8. The molecule has 1 aliphatic heterocycles. The molecule has 0 bridgehead atoms. The molecule has 5 nitrogen and oxygen atoms in total. The van der Waals surface area contributed by atoms with Crippen LogP contribution in [-0.4, -0.2) is 30.3 Å². The number of esters is 1. The number of hydrogen-bond acceptors (Lipinski definition) is 5. The average Bonchev–Trinajstić information content (AvgIpc) is 3.13. The third kappa shape index (κ3) is 4.46. The summed E-state index contributed by atoms with van der Waals surface area (Å²) in [6.07, 6.45) is 3.70. The predicted molar refractivity (Wildman–Crippen MR) is 89.3 cm³/mol. The first-order valence-electron chi connectivity index (χ1n) is 7.83. The minimum absolute atomic E-state index is 0.0919. The molecule has 0 N–H and O–H groups in total. The van der Waals surface area contributed by atoms with Gasteiger partial charge in [0.2, 0.25) is 0 Å². The van der Waals surface area contributed by atoms with Gasteiger partial charge in [-0.3, -0.25) is 0 Å². The maximum atomic E-state index is 12.3. The Hall–Kier alpha value is -2.11. The molecule has 0 spiro atoms. The number of hydrogen-bond donors (Lipinski definition) is 0. The summed E-state index contributed by atoms with van der Waals surface area (Å²) >= 11 is 5.73. The number of nitrogens with zero attached hydrogens (tertiary/aromatic N) is 1. The maximum absolute atomic E-state index is 12.3. The van der Waals surface area contributed by atoms with E-state index < -0.39 is 5.97 Å². The average molecular weight is 348 g/mol. The Balaban J connectivity index is 1.60. The molecule has 0 saturated carbocycles. The monoisotopic (exact) mass is 347 g/mol. The highest BCUT2D eigenvalue weighted by atomic mass is 35.5. The lowest BCUT2D eigenvalue weighted by atomic mass is 10.2. The van der Waals surface area contributed by atoms with Crippen LogP contribution in [0.5, 0.6) is 5.75 Å². The van der Waals surface area contributed by atoms with E-state index in [1.165, 1.54) is 0 Å². The number of rotatable bonds is 6. The SMILES string of the molecule is O=C(OCc1ccc(Cl)nc1)c1ccccc1OCC1CCCO1. The molecule has 6 heteroatoms. The topological polar surface area (TPSA) is 57.7 Å². The van der Waals surface area contributed by atoms with Gasteiger partial charge in [-0.25, -0.2) is 9.78 Å². The van der Waals surface area contributed by atoms with Crippen LogP contribution in [0.2, 0.25) is 5.15 Å². The normalized spacial score (nSPS) is 16.8. The quantitative estimate of drug-likeness (QED) is 0.589. The van der Waals surface area contributed by atoms with E-state index in [-0.39, 0.29) is 12.7 Å². The Labute approximate surface area is 145 Å². The summed E-state index contributed by atoms with van der Waals surface area (Å²) in [4.78, 5) is 16.3. The molecule has 1 fully saturated rings. The van der Waals surface area contributed by atoms with Gasteiger partial charge in [0.15, 0.2) is 0 Å². The van der Waals surface area contributed by atoms with Crippen molar-refractivity contribution in [1.82, 2.24) is 4.98 Å². The lowest BCUT2D eigenvalue weighted by molar-refractivity contribution is 0.0454. The van der Waals surface area contributed by atoms with Crippen LogP contribution < -0.4 is 4.74 Å². The first-order valence-corrected chi connectivity index (χ1v) is 8.21. The second kappa shape index (κ2) is 8.13. The third-order valence-electron chi connectivity index (χ3n) is 3.71. The molecule has 1 aromatic heterocycles. The van der Waals surface area contributed by atoms with Gasteiger partial charge in [-0.05, 0) is 31.0 Å². The van der Waals surface area contributed by atoms with Gasteiger partial charge in [-0.15, -0.1) is 0 Å². The molecule has 0 amide bonds. The Morgan fingerprint density at radius 2 is 2.17 bits per heavy atom. The molecular formula is C18H18ClNO4. The van der Waals surface area contributed by atoms with E-state index in [0.29, 0.717) is 23.1 Å². The van der Waals surface area contributed by atoms with Crippen molar-refractivity contribution in [2.24, 2.45) is 0 Å². The highest BCUT2D eigenvalue weighted by Crippen LogP contribution is 2.21. The van der Waals surface area contributed by atoms with E-state index in [2.05, 4.69) is 4.98 Å². The second-order valence-corrected chi connectivity index (χ2v) is 5.89. The number of ether oxygens (including phenoxy) is 3. The van der Waals surface area contributed by atoms with Crippen molar-refractivity contribution in [1.29, 1.82) is 0 Å². The van der Waals surface area contributed by atoms with Crippen LogP contribution in [0, 0.1) is 0 Å². The smallest absolute Gasteiger partial charge is 0.342 e. The van der Waals surface area contributed by atoms with Crippen molar-refractivity contribution in [3.63, 3.8) is 0 Å². The number of halogens is 1. The van der Waals surface area contributed by atoms with Crippen molar-refractivity contribution in [2.75, 3.05) is 13.2 Å². The zero-order valence-electron chi connectivity index (χ0n) is 13.1. The van der Waals surface area contributed by atoms with Crippen LogP contribution >= 0.6 is 11.6 Å². The molecule has 0 aliphatic carbocycles. The highest BCUT2D eigenvalue weighted by molar-refractivity contribution is 6.29. The summed E-state index contributed by atoms with van der Waals surface area (Å²) in [5.41, 5.74) is 1.17. The Morgan fingerprint density at radius 3 is 2.92 bits per heavy atom. The summed E-state index contributed by atoms with van der Waals surface area (Å²) in [5.74, 6) is 0.0696. The van der Waals surface area contributed by atoms with Crippen molar-refractivity contribution in [2.45, 2.75) is 25.6 Å². The van der Waals surface area contributed by atoms with Gasteiger partial charge in [0, 0.05) is 18.4 Å². The fraction of sp³-hybridized carbons (Fsp3) is 0.333. The van der Waals surface area contributed by atoms with Crippen molar-refractivity contribution < 1.29 is 19.0 Å². The van der Waals surface area contributed by atoms with Gasteiger partial charge in [0.05, 0.1) is 6.10 Å². The molecule has 1 unspecified atom stereocenters. The van der Waals surface area contributed by atoms with Crippen molar-refractivity contribution >= 4 is 17.6 Å². The molecule has 24 heavy (non-hydrogen) atoms. The molecule has 1 saturated heterocycles. The van der Waals surface area contributed by atoms with Crippen LogP contribution in [0.3, 0.4) is 0 Å². The number of carbonyl (C=O) groups excluding carboxylic acids is 1. The molecular weight excluding hydrogens is 330 g/mol. The molecule has 1 atom stereocenters. The van der Waals surface area contributed by atoms with Crippen LogP contribution in [-0.2, 0) is 16.1 Å². The van der Waals surface area contributed by atoms with Crippen LogP contribution in [0.1, 0.15) is 28.8 Å². The predicted octanol–water partition coefficient (Wildman–Crippen LogP) is 3.65. The fourth-order valence-electron chi connectivity index (χ4n) is 2.44. The largest absolute Gasteiger partial charge is 0.490 e. The lowest BCUT2D eigenvalue weighted by Gasteiger charge is -2.14. The van der Waals surface area contributed by atoms with Gasteiger partial charge < -0.3 is 14.2 Å². The molecule has 0 radical (unpaired) electrons. The van der Waals surface area contributed by atoms with Gasteiger partial charge in [-0.2, -0.15) is 0 Å². The Kier molecular flexibility index (Phi) is 5.67. The number of carbonyl (C=O) groups is 1. The van der Waals surface area contributed by atoms with Gasteiger partial charge >= 0.3 is 5.97 Å². The van der Waals surface area contributed by atoms with E-state index >= 15 is 0 Å². The summed E-state index contributed by atoms with van der Waals surface area (Å²) in [7, 11) is 0. The molecule has 3 rings (SSSR count). The molecule has 2 heterocycles. The summed E-state index contributed by atoms with van der Waals surface area (Å²) in [6.45, 7) is 1.33. The van der Waals surface area contributed by atoms with Gasteiger partial charge in [0.1, 0.15) is 29.7 Å². The number of benzene rings is 1. The van der Waals surface area contributed by atoms with E-state index in [0.717, 1.165) is 25.0 Å². The van der Waals surface area contributed by atoms with Crippen molar-refractivity contribution in [3.05, 3.63) is 58.9 Å². The van der Waals surface area contributed by atoms with Crippen LogP contribution in [0.15, 0.2) is 42.6 Å². The Morgan fingerprint density at radius 1 is 1.29 bits per heavy atom.